The molecule has 0 saturated carbocycles. The van der Waals surface area contributed by atoms with Gasteiger partial charge in [0.1, 0.15) is 25.0 Å². The Labute approximate surface area is 329 Å². The summed E-state index contributed by atoms with van der Waals surface area (Å²) in [7, 11) is 1.31. The van der Waals surface area contributed by atoms with E-state index in [-0.39, 0.29) is 30.8 Å². The summed E-state index contributed by atoms with van der Waals surface area (Å²) in [5, 5.41) is 16.3. The number of hydrogen-bond acceptors (Lipinski definition) is 8. The Morgan fingerprint density at radius 2 is 1.57 bits per heavy atom. The molecule has 5 aromatic rings. The molecule has 2 aliphatic heterocycles. The molecule has 2 heterocycles. The number of ether oxygens (including phenoxy) is 4. The lowest BCUT2D eigenvalue weighted by molar-refractivity contribution is -0.145. The predicted octanol–water partition coefficient (Wildman–Crippen LogP) is 7.96. The van der Waals surface area contributed by atoms with Gasteiger partial charge in [0.15, 0.2) is 17.6 Å². The van der Waals surface area contributed by atoms with Crippen molar-refractivity contribution in [2.45, 2.75) is 44.2 Å². The number of rotatable bonds is 10. The summed E-state index contributed by atoms with van der Waals surface area (Å²) in [5.41, 5.74) is 7.27. The SMILES string of the molecule is COC(=O)C(Cc1ccc(-c2ccc(C#N)cc2)cc1)NC(=O)[C@@H]1Cc2cc3c(cc2CN1)O[C@@H](c1ccc(OCc2ccc(Cl)c(Cl)c2)cc1)CO3.Cl. The fourth-order valence-electron chi connectivity index (χ4n) is 6.42. The van der Waals surface area contributed by atoms with Crippen LogP contribution in [0.25, 0.3) is 11.1 Å². The van der Waals surface area contributed by atoms with Crippen LogP contribution in [0.2, 0.25) is 10.0 Å². The van der Waals surface area contributed by atoms with E-state index in [4.69, 9.17) is 47.4 Å². The Balaban J connectivity index is 0.00000497. The van der Waals surface area contributed by atoms with Gasteiger partial charge in [0, 0.05) is 13.0 Å². The number of fused-ring (bicyclic) bond motifs is 2. The normalized spacial score (nSPS) is 16.1. The molecule has 0 radical (unpaired) electrons. The third-order valence-corrected chi connectivity index (χ3v) is 10.1. The first-order chi connectivity index (χ1) is 25.8. The summed E-state index contributed by atoms with van der Waals surface area (Å²) < 4.78 is 23.5. The van der Waals surface area contributed by atoms with Gasteiger partial charge < -0.3 is 29.6 Å². The molecule has 7 rings (SSSR count). The molecule has 0 aliphatic carbocycles. The number of halogens is 3. The molecule has 2 N–H and O–H groups in total. The smallest absolute Gasteiger partial charge is 0.328 e. The van der Waals surface area contributed by atoms with E-state index >= 15 is 0 Å². The quantitative estimate of drug-likeness (QED) is 0.137. The number of nitrogens with one attached hydrogen (secondary N) is 2. The van der Waals surface area contributed by atoms with E-state index in [1.165, 1.54) is 7.11 Å². The zero-order valence-electron chi connectivity index (χ0n) is 29.1. The van der Waals surface area contributed by atoms with Gasteiger partial charge in [0.2, 0.25) is 5.91 Å². The monoisotopic (exact) mass is 783 g/mol. The van der Waals surface area contributed by atoms with Crippen LogP contribution in [0.4, 0.5) is 0 Å². The second-order valence-electron chi connectivity index (χ2n) is 12.9. The lowest BCUT2D eigenvalue weighted by Crippen LogP contribution is -2.53. The maximum Gasteiger partial charge on any atom is 0.328 e. The highest BCUT2D eigenvalue weighted by molar-refractivity contribution is 6.42. The van der Waals surface area contributed by atoms with Crippen LogP contribution >= 0.6 is 35.6 Å². The lowest BCUT2D eigenvalue weighted by atomic mass is 9.94. The first-order valence-electron chi connectivity index (χ1n) is 17.1. The number of amides is 1. The van der Waals surface area contributed by atoms with Crippen LogP contribution in [0.1, 0.15) is 39.5 Å². The van der Waals surface area contributed by atoms with Crippen LogP contribution < -0.4 is 24.8 Å². The zero-order valence-corrected chi connectivity index (χ0v) is 31.5. The fraction of sp³-hybridized carbons (Fsp3) is 0.214. The van der Waals surface area contributed by atoms with Crippen molar-refractivity contribution in [1.29, 1.82) is 5.26 Å². The Kier molecular flexibility index (Phi) is 12.3. The van der Waals surface area contributed by atoms with Crippen LogP contribution in [0.15, 0.2) is 103 Å². The van der Waals surface area contributed by atoms with Gasteiger partial charge in [-0.3, -0.25) is 4.79 Å². The minimum Gasteiger partial charge on any atom is -0.489 e. The van der Waals surface area contributed by atoms with Gasteiger partial charge in [-0.15, -0.1) is 12.4 Å². The summed E-state index contributed by atoms with van der Waals surface area (Å²) in [4.78, 5) is 26.3. The Hall–Kier alpha value is -5.24. The zero-order chi connectivity index (χ0) is 36.9. The molecule has 12 heteroatoms. The van der Waals surface area contributed by atoms with E-state index in [1.807, 2.05) is 78.9 Å². The summed E-state index contributed by atoms with van der Waals surface area (Å²) >= 11 is 12.1. The second kappa shape index (κ2) is 17.3. The summed E-state index contributed by atoms with van der Waals surface area (Å²) in [6.45, 7) is 1.13. The summed E-state index contributed by atoms with van der Waals surface area (Å²) in [6, 6.07) is 32.8. The molecule has 3 atom stereocenters. The van der Waals surface area contributed by atoms with Crippen molar-refractivity contribution in [3.63, 3.8) is 0 Å². The predicted molar refractivity (Wildman–Crippen MR) is 208 cm³/mol. The van der Waals surface area contributed by atoms with Gasteiger partial charge in [-0.2, -0.15) is 5.26 Å². The molecule has 9 nitrogen and oxygen atoms in total. The number of nitrogens with zero attached hydrogens (tertiary/aromatic N) is 1. The third kappa shape index (κ3) is 8.92. The van der Waals surface area contributed by atoms with Crippen molar-refractivity contribution in [3.8, 4) is 34.4 Å². The van der Waals surface area contributed by atoms with Gasteiger partial charge in [-0.05, 0) is 93.9 Å². The number of esters is 1. The molecule has 1 unspecified atom stereocenters. The Morgan fingerprint density at radius 1 is 0.889 bits per heavy atom. The van der Waals surface area contributed by atoms with Crippen LogP contribution in [-0.2, 0) is 40.3 Å². The Morgan fingerprint density at radius 3 is 2.26 bits per heavy atom. The largest absolute Gasteiger partial charge is 0.489 e. The molecule has 0 saturated heterocycles. The lowest BCUT2D eigenvalue weighted by Gasteiger charge is -2.31. The number of hydrogen-bond donors (Lipinski definition) is 2. The van der Waals surface area contributed by atoms with Crippen molar-refractivity contribution in [2.75, 3.05) is 13.7 Å². The average Bonchev–Trinajstić information content (AvgIpc) is 3.20. The van der Waals surface area contributed by atoms with Crippen molar-refractivity contribution < 1.29 is 28.5 Å². The van der Waals surface area contributed by atoms with E-state index in [9.17, 15) is 9.59 Å². The van der Waals surface area contributed by atoms with E-state index in [1.54, 1.807) is 24.3 Å². The highest BCUT2D eigenvalue weighted by Crippen LogP contribution is 2.40. The molecule has 276 valence electrons. The molecule has 0 bridgehead atoms. The molecule has 0 fully saturated rings. The van der Waals surface area contributed by atoms with Crippen LogP contribution in [0, 0.1) is 11.3 Å². The standard InChI is InChI=1S/C42H35Cl2N3O6.ClH/c1-50-42(49)37(17-25-2-7-28(8-3-25)29-9-4-26(21-45)5-10-29)47-41(48)36-18-31-19-38-39(20-32(31)22-46-36)53-40(24-52-38)30-11-13-33(14-12-30)51-23-27-6-15-34(43)35(44)16-27;/h2-16,19-20,36-37,40,46H,17-18,22-24H2,1H3,(H,47,48);1H/t36-,37?,40+;/m0./s1. The number of carbonyl (C=O) groups is 2. The maximum absolute atomic E-state index is 13.5. The van der Waals surface area contributed by atoms with Crippen molar-refractivity contribution in [2.24, 2.45) is 0 Å². The van der Waals surface area contributed by atoms with Crippen molar-refractivity contribution in [3.05, 3.63) is 147 Å². The summed E-state index contributed by atoms with van der Waals surface area (Å²) in [5.74, 6) is 1.16. The molecule has 0 spiro atoms. The minimum absolute atomic E-state index is 0. The van der Waals surface area contributed by atoms with E-state index in [0.29, 0.717) is 59.0 Å². The van der Waals surface area contributed by atoms with Gasteiger partial charge in [0.05, 0.1) is 34.8 Å². The first-order valence-corrected chi connectivity index (χ1v) is 17.8. The van der Waals surface area contributed by atoms with Gasteiger partial charge in [-0.25, -0.2) is 4.79 Å². The van der Waals surface area contributed by atoms with E-state index in [2.05, 4.69) is 16.7 Å². The maximum atomic E-state index is 13.5. The number of methoxy groups -OCH3 is 1. The molecular formula is C42H36Cl3N3O6. The second-order valence-corrected chi connectivity index (χ2v) is 13.7. The number of carbonyl (C=O) groups excluding carboxylic acids is 2. The van der Waals surface area contributed by atoms with E-state index in [0.717, 1.165) is 38.9 Å². The van der Waals surface area contributed by atoms with Crippen LogP contribution in [0.3, 0.4) is 0 Å². The number of nitriles is 1. The van der Waals surface area contributed by atoms with Gasteiger partial charge >= 0.3 is 5.97 Å². The van der Waals surface area contributed by atoms with Gasteiger partial charge in [0.25, 0.3) is 0 Å². The molecular weight excluding hydrogens is 749 g/mol. The molecule has 1 amide bonds. The third-order valence-electron chi connectivity index (χ3n) is 9.39. The summed E-state index contributed by atoms with van der Waals surface area (Å²) in [6.07, 6.45) is 0.379. The first kappa shape index (κ1) is 38.5. The van der Waals surface area contributed by atoms with E-state index < -0.39 is 18.1 Å². The van der Waals surface area contributed by atoms with Crippen LogP contribution in [0.5, 0.6) is 17.2 Å². The van der Waals surface area contributed by atoms with Crippen molar-refractivity contribution >= 4 is 47.5 Å². The topological polar surface area (TPSA) is 119 Å². The molecule has 0 aromatic heterocycles. The number of benzene rings is 5. The highest BCUT2D eigenvalue weighted by atomic mass is 35.5. The van der Waals surface area contributed by atoms with Crippen molar-refractivity contribution in [1.82, 2.24) is 10.6 Å². The minimum atomic E-state index is -0.864. The average molecular weight is 785 g/mol. The Bertz CT molecular complexity index is 2170. The molecule has 2 aliphatic rings. The molecule has 5 aromatic carbocycles. The van der Waals surface area contributed by atoms with Crippen LogP contribution in [-0.4, -0.2) is 37.7 Å². The van der Waals surface area contributed by atoms with Gasteiger partial charge in [-0.1, -0.05) is 77.8 Å². The highest BCUT2D eigenvalue weighted by Gasteiger charge is 2.31. The molecule has 54 heavy (non-hydrogen) atoms. The fourth-order valence-corrected chi connectivity index (χ4v) is 6.74.